The molecule has 0 radical (unpaired) electrons. The molecule has 0 heterocycles. The van der Waals surface area contributed by atoms with Gasteiger partial charge in [0.15, 0.2) is 0 Å². The molecule has 0 amide bonds. The Morgan fingerprint density at radius 1 is 1.46 bits per heavy atom. The second-order valence-electron chi connectivity index (χ2n) is 2.53. The van der Waals surface area contributed by atoms with Gasteiger partial charge < -0.3 is 5.73 Å². The summed E-state index contributed by atoms with van der Waals surface area (Å²) in [5.74, 6) is -3.07. The lowest BCUT2D eigenvalue weighted by atomic mass is 10.1. The second-order valence-corrected chi connectivity index (χ2v) is 3.86. The molecule has 0 aromatic heterocycles. The second kappa shape index (κ2) is 3.90. The molecule has 0 bridgehead atoms. The number of benzene rings is 1. The van der Waals surface area contributed by atoms with E-state index in [4.69, 9.17) is 17.3 Å². The van der Waals surface area contributed by atoms with E-state index in [0.29, 0.717) is 4.47 Å². The Morgan fingerprint density at radius 3 is 2.62 bits per heavy atom. The highest BCUT2D eigenvalue weighted by Crippen LogP contribution is 2.34. The molecule has 0 aliphatic rings. The molecule has 0 aliphatic heterocycles. The SMILES string of the molecule is NCC(F)(F)c1cc(Br)ccc1Cl. The summed E-state index contributed by atoms with van der Waals surface area (Å²) in [4.78, 5) is 0. The zero-order chi connectivity index (χ0) is 10.1. The van der Waals surface area contributed by atoms with E-state index in [2.05, 4.69) is 15.9 Å². The van der Waals surface area contributed by atoms with Crippen LogP contribution in [0.1, 0.15) is 5.56 Å². The molecular weight excluding hydrogens is 263 g/mol. The smallest absolute Gasteiger partial charge is 0.286 e. The molecule has 13 heavy (non-hydrogen) atoms. The molecule has 2 N–H and O–H groups in total. The Hall–Kier alpha value is -0.190. The Morgan fingerprint density at radius 2 is 2.08 bits per heavy atom. The van der Waals surface area contributed by atoms with Crippen molar-refractivity contribution in [3.8, 4) is 0 Å². The topological polar surface area (TPSA) is 26.0 Å². The standard InChI is InChI=1S/C8H7BrClF2N/c9-5-1-2-7(10)6(3-5)8(11,12)4-13/h1-3H,4,13H2. The van der Waals surface area contributed by atoms with Crippen LogP contribution in [0.5, 0.6) is 0 Å². The Kier molecular flexibility index (Phi) is 3.27. The predicted octanol–water partition coefficient (Wildman–Crippen LogP) is 3.15. The highest BCUT2D eigenvalue weighted by atomic mass is 79.9. The van der Waals surface area contributed by atoms with Crippen LogP contribution in [0.4, 0.5) is 8.78 Å². The van der Waals surface area contributed by atoms with Crippen LogP contribution in [-0.4, -0.2) is 6.54 Å². The lowest BCUT2D eigenvalue weighted by Gasteiger charge is -2.15. The molecular formula is C8H7BrClF2N. The average Bonchev–Trinajstić information content (AvgIpc) is 2.09. The maximum absolute atomic E-state index is 13.1. The van der Waals surface area contributed by atoms with E-state index in [-0.39, 0.29) is 10.6 Å². The molecule has 0 atom stereocenters. The molecule has 0 spiro atoms. The molecule has 0 unspecified atom stereocenters. The number of nitrogens with two attached hydrogens (primary N) is 1. The summed E-state index contributed by atoms with van der Waals surface area (Å²) in [5.41, 5.74) is 4.69. The van der Waals surface area contributed by atoms with Gasteiger partial charge in [0.2, 0.25) is 0 Å². The van der Waals surface area contributed by atoms with Gasteiger partial charge in [-0.25, -0.2) is 0 Å². The first-order valence-corrected chi connectivity index (χ1v) is 4.68. The van der Waals surface area contributed by atoms with E-state index < -0.39 is 12.5 Å². The van der Waals surface area contributed by atoms with Gasteiger partial charge in [-0.2, -0.15) is 8.78 Å². The summed E-state index contributed by atoms with van der Waals surface area (Å²) in [6.45, 7) is -0.747. The first-order valence-electron chi connectivity index (χ1n) is 3.51. The van der Waals surface area contributed by atoms with Crippen molar-refractivity contribution < 1.29 is 8.78 Å². The molecule has 1 rings (SSSR count). The molecule has 1 nitrogen and oxygen atoms in total. The number of halogens is 4. The minimum atomic E-state index is -3.07. The van der Waals surface area contributed by atoms with E-state index in [9.17, 15) is 8.78 Å². The summed E-state index contributed by atoms with van der Waals surface area (Å²) in [7, 11) is 0. The molecule has 0 fully saturated rings. The summed E-state index contributed by atoms with van der Waals surface area (Å²) in [5, 5.41) is 0.0265. The molecule has 0 aliphatic carbocycles. The van der Waals surface area contributed by atoms with Gasteiger partial charge in [-0.3, -0.25) is 0 Å². The van der Waals surface area contributed by atoms with Gasteiger partial charge in [0.05, 0.1) is 6.54 Å². The third kappa shape index (κ3) is 2.39. The number of hydrogen-bond acceptors (Lipinski definition) is 1. The zero-order valence-electron chi connectivity index (χ0n) is 6.53. The van der Waals surface area contributed by atoms with Crippen molar-refractivity contribution in [2.24, 2.45) is 5.73 Å². The fraction of sp³-hybridized carbons (Fsp3) is 0.250. The molecule has 0 saturated carbocycles. The van der Waals surface area contributed by atoms with Crippen LogP contribution >= 0.6 is 27.5 Å². The fourth-order valence-electron chi connectivity index (χ4n) is 0.888. The van der Waals surface area contributed by atoms with Gasteiger partial charge in [0, 0.05) is 15.1 Å². The minimum Gasteiger partial charge on any atom is -0.325 e. The highest BCUT2D eigenvalue weighted by molar-refractivity contribution is 9.10. The van der Waals surface area contributed by atoms with Crippen LogP contribution in [0.3, 0.4) is 0 Å². The molecule has 1 aromatic carbocycles. The molecule has 1 aromatic rings. The van der Waals surface area contributed by atoms with E-state index in [1.54, 1.807) is 6.07 Å². The van der Waals surface area contributed by atoms with Gasteiger partial charge in [0.25, 0.3) is 5.92 Å². The molecule has 5 heteroatoms. The molecule has 0 saturated heterocycles. The van der Waals surface area contributed by atoms with Gasteiger partial charge in [-0.15, -0.1) is 0 Å². The van der Waals surface area contributed by atoms with Gasteiger partial charge in [-0.05, 0) is 18.2 Å². The maximum atomic E-state index is 13.1. The van der Waals surface area contributed by atoms with E-state index >= 15 is 0 Å². The first-order chi connectivity index (χ1) is 5.97. The summed E-state index contributed by atoms with van der Waals surface area (Å²) in [6, 6.07) is 4.28. The van der Waals surface area contributed by atoms with Crippen molar-refractivity contribution >= 4 is 27.5 Å². The largest absolute Gasteiger partial charge is 0.325 e. The fourth-order valence-corrected chi connectivity index (χ4v) is 1.50. The van der Waals surface area contributed by atoms with Crippen LogP contribution in [0.15, 0.2) is 22.7 Å². The average molecular weight is 271 g/mol. The van der Waals surface area contributed by atoms with Crippen molar-refractivity contribution in [2.45, 2.75) is 5.92 Å². The van der Waals surface area contributed by atoms with E-state index in [1.807, 2.05) is 0 Å². The van der Waals surface area contributed by atoms with E-state index in [0.717, 1.165) is 0 Å². The van der Waals surface area contributed by atoms with Crippen LogP contribution in [0.2, 0.25) is 5.02 Å². The van der Waals surface area contributed by atoms with Crippen LogP contribution in [0, 0.1) is 0 Å². The van der Waals surface area contributed by atoms with Crippen LogP contribution < -0.4 is 5.73 Å². The third-order valence-corrected chi connectivity index (χ3v) is 2.40. The van der Waals surface area contributed by atoms with Crippen LogP contribution in [0.25, 0.3) is 0 Å². The lowest BCUT2D eigenvalue weighted by molar-refractivity contribution is 0.00601. The quantitative estimate of drug-likeness (QED) is 0.878. The minimum absolute atomic E-state index is 0.0265. The summed E-state index contributed by atoms with van der Waals surface area (Å²) in [6.07, 6.45) is 0. The Balaban J connectivity index is 3.20. The third-order valence-electron chi connectivity index (χ3n) is 1.58. The lowest BCUT2D eigenvalue weighted by Crippen LogP contribution is -2.25. The van der Waals surface area contributed by atoms with Crippen molar-refractivity contribution in [2.75, 3.05) is 6.54 Å². The Labute approximate surface area is 88.0 Å². The normalized spacial score (nSPS) is 11.8. The number of hydrogen-bond donors (Lipinski definition) is 1. The van der Waals surface area contributed by atoms with Crippen molar-refractivity contribution in [1.29, 1.82) is 0 Å². The van der Waals surface area contributed by atoms with Gasteiger partial charge in [0.1, 0.15) is 0 Å². The van der Waals surface area contributed by atoms with Crippen molar-refractivity contribution in [3.63, 3.8) is 0 Å². The maximum Gasteiger partial charge on any atom is 0.286 e. The first kappa shape index (κ1) is 10.9. The monoisotopic (exact) mass is 269 g/mol. The summed E-state index contributed by atoms with van der Waals surface area (Å²) >= 11 is 8.69. The van der Waals surface area contributed by atoms with Crippen molar-refractivity contribution in [3.05, 3.63) is 33.3 Å². The summed E-state index contributed by atoms with van der Waals surface area (Å²) < 4.78 is 26.7. The highest BCUT2D eigenvalue weighted by Gasteiger charge is 2.31. The van der Waals surface area contributed by atoms with Crippen molar-refractivity contribution in [1.82, 2.24) is 0 Å². The van der Waals surface area contributed by atoms with Crippen LogP contribution in [-0.2, 0) is 5.92 Å². The van der Waals surface area contributed by atoms with Gasteiger partial charge in [-0.1, -0.05) is 27.5 Å². The number of alkyl halides is 2. The number of rotatable bonds is 2. The van der Waals surface area contributed by atoms with E-state index in [1.165, 1.54) is 12.1 Å². The Bertz CT molecular complexity index is 317. The zero-order valence-corrected chi connectivity index (χ0v) is 8.87. The predicted molar refractivity (Wildman–Crippen MR) is 52.1 cm³/mol. The van der Waals surface area contributed by atoms with Gasteiger partial charge >= 0.3 is 0 Å². The molecule has 72 valence electrons.